The predicted molar refractivity (Wildman–Crippen MR) is 166 cm³/mol. The average Bonchev–Trinajstić information content (AvgIpc) is 3.35. The lowest BCUT2D eigenvalue weighted by atomic mass is 9.99. The second-order valence-electron chi connectivity index (χ2n) is 11.3. The van der Waals surface area contributed by atoms with Crippen LogP contribution in [0.15, 0.2) is 55.1 Å². The molecule has 2 fully saturated rings. The molecule has 13 heteroatoms. The number of carbonyl (C=O) groups excluding carboxylic acids is 1. The fraction of sp³-hybridized carbons (Fsp3) is 0.344. The number of nitrogens with zero attached hydrogens (tertiary/aromatic N) is 7. The molecule has 45 heavy (non-hydrogen) atoms. The lowest BCUT2D eigenvalue weighted by Crippen LogP contribution is -2.56. The first-order chi connectivity index (χ1) is 21.6. The Hall–Kier alpha value is -4.47. The summed E-state index contributed by atoms with van der Waals surface area (Å²) in [6.45, 7) is 11.3. The third kappa shape index (κ3) is 5.98. The quantitative estimate of drug-likeness (QED) is 0.197. The van der Waals surface area contributed by atoms with Crippen LogP contribution in [0.2, 0.25) is 5.02 Å². The summed E-state index contributed by atoms with van der Waals surface area (Å²) in [4.78, 5) is 34.5. The van der Waals surface area contributed by atoms with Crippen molar-refractivity contribution in [2.24, 2.45) is 0 Å². The molecule has 4 heterocycles. The number of piperazine rings is 1. The SMILES string of the molecule is [C-]#[N+]C[C@H]1CN(c2nc(OC[C@@H]3C[C@@H](F)CN3C)nc3cc(-c4cncc5cccc(Cl)c45)c(F)cc23)CCN1C(=O)C(=C)F. The zero-order valence-corrected chi connectivity index (χ0v) is 25.1. The van der Waals surface area contributed by atoms with Crippen LogP contribution in [0.4, 0.5) is 19.0 Å². The maximum Gasteiger partial charge on any atom is 0.319 e. The Morgan fingerprint density at radius 1 is 1.18 bits per heavy atom. The Balaban J connectivity index is 1.44. The van der Waals surface area contributed by atoms with Crippen molar-refractivity contribution in [2.75, 3.05) is 51.3 Å². The Bertz CT molecular complexity index is 1850. The van der Waals surface area contributed by atoms with Gasteiger partial charge in [0.25, 0.3) is 5.91 Å². The second-order valence-corrected chi connectivity index (χ2v) is 11.7. The Morgan fingerprint density at radius 2 is 2.00 bits per heavy atom. The molecule has 2 saturated heterocycles. The molecule has 6 rings (SSSR count). The highest BCUT2D eigenvalue weighted by Gasteiger charge is 2.35. The van der Waals surface area contributed by atoms with Gasteiger partial charge in [-0.1, -0.05) is 30.3 Å². The minimum absolute atomic E-state index is 0.0113. The summed E-state index contributed by atoms with van der Waals surface area (Å²) < 4.78 is 49.9. The molecule has 0 radical (unpaired) electrons. The van der Waals surface area contributed by atoms with Crippen LogP contribution in [-0.2, 0) is 4.79 Å². The van der Waals surface area contributed by atoms with Crippen molar-refractivity contribution in [2.45, 2.75) is 24.7 Å². The zero-order valence-electron chi connectivity index (χ0n) is 24.4. The first-order valence-electron chi connectivity index (χ1n) is 14.4. The normalized spacial score (nSPS) is 20.5. The van der Waals surface area contributed by atoms with Crippen LogP contribution in [0.5, 0.6) is 6.01 Å². The van der Waals surface area contributed by atoms with E-state index in [1.54, 1.807) is 30.6 Å². The number of alkyl halides is 1. The van der Waals surface area contributed by atoms with Crippen LogP contribution in [0.3, 0.4) is 0 Å². The molecule has 0 spiro atoms. The minimum Gasteiger partial charge on any atom is -0.462 e. The highest BCUT2D eigenvalue weighted by Crippen LogP contribution is 2.38. The molecule has 0 saturated carbocycles. The summed E-state index contributed by atoms with van der Waals surface area (Å²) in [7, 11) is 1.82. The van der Waals surface area contributed by atoms with E-state index in [0.717, 1.165) is 5.39 Å². The number of rotatable bonds is 7. The number of hydrogen-bond acceptors (Lipinski definition) is 7. The third-order valence-corrected chi connectivity index (χ3v) is 8.70. The monoisotopic (exact) mass is 635 g/mol. The summed E-state index contributed by atoms with van der Waals surface area (Å²) in [5.41, 5.74) is 1.08. The minimum atomic E-state index is -1.10. The van der Waals surface area contributed by atoms with Crippen LogP contribution < -0.4 is 9.64 Å². The van der Waals surface area contributed by atoms with Crippen molar-refractivity contribution in [3.05, 3.63) is 77.4 Å². The molecule has 9 nitrogen and oxygen atoms in total. The molecule has 0 aliphatic carbocycles. The predicted octanol–water partition coefficient (Wildman–Crippen LogP) is 5.48. The fourth-order valence-electron chi connectivity index (χ4n) is 6.13. The van der Waals surface area contributed by atoms with E-state index in [4.69, 9.17) is 22.9 Å². The smallest absolute Gasteiger partial charge is 0.319 e. The summed E-state index contributed by atoms with van der Waals surface area (Å²) >= 11 is 6.54. The molecule has 2 aromatic heterocycles. The van der Waals surface area contributed by atoms with Gasteiger partial charge in [-0.15, -0.1) is 0 Å². The Kier molecular flexibility index (Phi) is 8.48. The van der Waals surface area contributed by atoms with E-state index < -0.39 is 29.8 Å². The largest absolute Gasteiger partial charge is 0.462 e. The van der Waals surface area contributed by atoms with E-state index in [0.29, 0.717) is 45.7 Å². The van der Waals surface area contributed by atoms with Gasteiger partial charge in [0.05, 0.1) is 5.52 Å². The van der Waals surface area contributed by atoms with Crippen LogP contribution in [0.25, 0.3) is 37.6 Å². The van der Waals surface area contributed by atoms with Gasteiger partial charge in [-0.2, -0.15) is 9.97 Å². The van der Waals surface area contributed by atoms with Crippen molar-refractivity contribution in [3.63, 3.8) is 0 Å². The van der Waals surface area contributed by atoms with Gasteiger partial charge in [0.1, 0.15) is 30.5 Å². The zero-order chi connectivity index (χ0) is 31.8. The molecule has 3 atom stereocenters. The molecule has 2 aromatic carbocycles. The first kappa shape index (κ1) is 30.6. The van der Waals surface area contributed by atoms with Crippen LogP contribution in [-0.4, -0.2) is 95.3 Å². The first-order valence-corrected chi connectivity index (χ1v) is 14.8. The van der Waals surface area contributed by atoms with Gasteiger partial charge in [0, 0.05) is 76.9 Å². The summed E-state index contributed by atoms with van der Waals surface area (Å²) in [6, 6.07) is 7.45. The van der Waals surface area contributed by atoms with E-state index in [-0.39, 0.29) is 50.4 Å². The van der Waals surface area contributed by atoms with E-state index in [1.807, 2.05) is 22.9 Å². The molecule has 0 unspecified atom stereocenters. The number of likely N-dealkylation sites (N-methyl/N-ethyl adjacent to an activating group) is 1. The lowest BCUT2D eigenvalue weighted by Gasteiger charge is -2.39. The molecule has 1 amide bonds. The topological polar surface area (TPSA) is 79.1 Å². The van der Waals surface area contributed by atoms with Crippen LogP contribution in [0, 0.1) is 12.4 Å². The number of pyridine rings is 1. The van der Waals surface area contributed by atoms with Gasteiger partial charge in [0.15, 0.2) is 5.83 Å². The fourth-order valence-corrected chi connectivity index (χ4v) is 6.41. The number of benzene rings is 2. The standard InChI is InChI=1S/C32H29ClF3N7O2/c1-18(34)31(44)43-8-7-42(16-22(43)13-37-2)30-24-10-27(36)23(25-14-38-12-19-5-4-6-26(33)29(19)25)11-28(24)39-32(40-30)45-17-21-9-20(35)15-41(21)3/h4-6,10-12,14,20-22H,1,7-9,13,15-17H2,3H3/t20-,21+,22+/m1/s1. The number of anilines is 1. The van der Waals surface area contributed by atoms with E-state index in [9.17, 15) is 13.6 Å². The molecular weight excluding hydrogens is 607 g/mol. The van der Waals surface area contributed by atoms with Gasteiger partial charge in [-0.05, 0) is 31.7 Å². The van der Waals surface area contributed by atoms with Crippen LogP contribution in [0.1, 0.15) is 6.42 Å². The number of amides is 1. The van der Waals surface area contributed by atoms with E-state index >= 15 is 4.39 Å². The molecule has 0 N–H and O–H groups in total. The molecule has 4 aromatic rings. The van der Waals surface area contributed by atoms with E-state index in [2.05, 4.69) is 26.4 Å². The molecular formula is C32H29ClF3N7O2. The summed E-state index contributed by atoms with van der Waals surface area (Å²) in [5.74, 6) is -2.20. The van der Waals surface area contributed by atoms with Crippen molar-refractivity contribution < 1.29 is 22.7 Å². The lowest BCUT2D eigenvalue weighted by molar-refractivity contribution is -0.131. The molecule has 2 aliphatic rings. The average molecular weight is 636 g/mol. The van der Waals surface area contributed by atoms with Crippen molar-refractivity contribution in [1.82, 2.24) is 24.8 Å². The van der Waals surface area contributed by atoms with Gasteiger partial charge in [-0.25, -0.2) is 19.7 Å². The Labute approximate surface area is 262 Å². The molecule has 0 bridgehead atoms. The highest BCUT2D eigenvalue weighted by molar-refractivity contribution is 6.36. The maximum absolute atomic E-state index is 16.0. The number of fused-ring (bicyclic) bond motifs is 2. The highest BCUT2D eigenvalue weighted by atomic mass is 35.5. The van der Waals surface area contributed by atoms with Gasteiger partial charge in [0.2, 0.25) is 6.54 Å². The number of halogens is 4. The van der Waals surface area contributed by atoms with Gasteiger partial charge in [-0.3, -0.25) is 14.7 Å². The maximum atomic E-state index is 16.0. The van der Waals surface area contributed by atoms with Gasteiger partial charge >= 0.3 is 6.01 Å². The number of carbonyl (C=O) groups is 1. The van der Waals surface area contributed by atoms with Gasteiger partial charge < -0.3 is 19.4 Å². The molecule has 2 aliphatic heterocycles. The van der Waals surface area contributed by atoms with Crippen LogP contribution >= 0.6 is 11.6 Å². The second kappa shape index (κ2) is 12.5. The summed E-state index contributed by atoms with van der Waals surface area (Å²) in [5, 5.41) is 2.20. The van der Waals surface area contributed by atoms with Crippen molar-refractivity contribution in [3.8, 4) is 17.1 Å². The molecule has 232 valence electrons. The van der Waals surface area contributed by atoms with Crippen molar-refractivity contribution in [1.29, 1.82) is 0 Å². The van der Waals surface area contributed by atoms with E-state index in [1.165, 1.54) is 11.0 Å². The number of aromatic nitrogens is 3. The van der Waals surface area contributed by atoms with Crippen molar-refractivity contribution >= 4 is 45.0 Å². The summed E-state index contributed by atoms with van der Waals surface area (Å²) in [6.07, 6.45) is 2.56. The number of ether oxygens (including phenoxy) is 1. The third-order valence-electron chi connectivity index (χ3n) is 8.39. The Morgan fingerprint density at radius 3 is 2.73 bits per heavy atom. The number of hydrogen-bond donors (Lipinski definition) is 0. The number of likely N-dealkylation sites (tertiary alicyclic amines) is 1.